The third-order valence-corrected chi connectivity index (χ3v) is 9.35. The fourth-order valence-electron chi connectivity index (χ4n) is 4.96. The summed E-state index contributed by atoms with van der Waals surface area (Å²) in [6.07, 6.45) is 0.814. The number of rotatable bonds is 8. The summed E-state index contributed by atoms with van der Waals surface area (Å²) in [6.45, 7) is 0.522. The quantitative estimate of drug-likeness (QED) is 0.243. The van der Waals surface area contributed by atoms with Crippen molar-refractivity contribution in [2.24, 2.45) is 4.99 Å². The molecule has 196 valence electrons. The van der Waals surface area contributed by atoms with Gasteiger partial charge in [0.25, 0.3) is 5.91 Å². The summed E-state index contributed by atoms with van der Waals surface area (Å²) in [5, 5.41) is 6.59. The van der Waals surface area contributed by atoms with E-state index in [1.54, 1.807) is 0 Å². The summed E-state index contributed by atoms with van der Waals surface area (Å²) in [4.78, 5) is 18.8. The molecule has 40 heavy (non-hydrogen) atoms. The van der Waals surface area contributed by atoms with E-state index in [0.29, 0.717) is 23.8 Å². The van der Waals surface area contributed by atoms with Crippen LogP contribution in [0.4, 0.5) is 5.69 Å². The second kappa shape index (κ2) is 12.1. The van der Waals surface area contributed by atoms with E-state index < -0.39 is 7.92 Å². The lowest BCUT2D eigenvalue weighted by atomic mass is 10.1. The van der Waals surface area contributed by atoms with Crippen LogP contribution in [0.2, 0.25) is 0 Å². The number of amides is 1. The van der Waals surface area contributed by atoms with Gasteiger partial charge in [0.1, 0.15) is 6.61 Å². The first kappa shape index (κ1) is 25.7. The molecule has 4 nitrogen and oxygen atoms in total. The van der Waals surface area contributed by atoms with Crippen LogP contribution in [0.15, 0.2) is 145 Å². The Kier molecular flexibility index (Phi) is 7.79. The number of aliphatic imine (C=N–C) groups is 1. The molecule has 0 fully saturated rings. The van der Waals surface area contributed by atoms with Gasteiger partial charge in [-0.15, -0.1) is 0 Å². The summed E-state index contributed by atoms with van der Waals surface area (Å²) in [6, 6.07) is 46.8. The van der Waals surface area contributed by atoms with Crippen LogP contribution in [0.25, 0.3) is 0 Å². The Morgan fingerprint density at radius 1 is 0.725 bits per heavy atom. The Bertz CT molecular complexity index is 1580. The average Bonchev–Trinajstić information content (AvgIpc) is 3.47. The molecule has 0 aromatic heterocycles. The zero-order valence-electron chi connectivity index (χ0n) is 22.0. The molecule has 0 saturated carbocycles. The molecule has 0 spiro atoms. The molecule has 5 aromatic rings. The van der Waals surface area contributed by atoms with Crippen molar-refractivity contribution < 1.29 is 9.53 Å². The Hall–Kier alpha value is -4.53. The fraction of sp³-hybridized carbons (Fsp3) is 0.0857. The number of nitrogens with zero attached hydrogens (tertiary/aromatic N) is 1. The van der Waals surface area contributed by atoms with Crippen molar-refractivity contribution >= 4 is 41.3 Å². The summed E-state index contributed by atoms with van der Waals surface area (Å²) in [7, 11) is -0.930. The molecule has 0 aliphatic carbocycles. The van der Waals surface area contributed by atoms with E-state index in [1.807, 2.05) is 72.8 Å². The lowest BCUT2D eigenvalue weighted by Gasteiger charge is -2.22. The molecule has 5 heteroatoms. The molecule has 1 aliphatic rings. The highest BCUT2D eigenvalue weighted by Gasteiger charge is 2.25. The summed E-state index contributed by atoms with van der Waals surface area (Å²) in [5.41, 5.74) is 3.36. The predicted octanol–water partition coefficient (Wildman–Crippen LogP) is 6.09. The van der Waals surface area contributed by atoms with Gasteiger partial charge in [0.05, 0.1) is 17.3 Å². The van der Waals surface area contributed by atoms with Crippen molar-refractivity contribution in [3.8, 4) is 0 Å². The number of ether oxygens (including phenoxy) is 1. The maximum Gasteiger partial charge on any atom is 0.256 e. The number of anilines is 1. The number of hydrogen-bond acceptors (Lipinski definition) is 3. The highest BCUT2D eigenvalue weighted by molar-refractivity contribution is 7.80. The fourth-order valence-corrected chi connectivity index (χ4v) is 7.41. The maximum atomic E-state index is 13.9. The van der Waals surface area contributed by atoms with Crippen LogP contribution in [-0.2, 0) is 11.2 Å². The number of carbonyl (C=O) groups is 1. The summed E-state index contributed by atoms with van der Waals surface area (Å²) < 4.78 is 6.03. The summed E-state index contributed by atoms with van der Waals surface area (Å²) in [5.74, 6) is 0.419. The standard InChI is InChI=1S/C35H29N2O2P/c38-34(31-21-11-13-23-33(31)40(28-16-6-2-7-17-28)29-18-8-3-9-19-29)37-32-22-12-10-20-30(32)35-36-27(25-39-35)24-26-14-4-1-5-15-26/h1-23,27H,24-25H2,(H,37,38)/t27-/m0/s1. The molecule has 1 N–H and O–H groups in total. The molecular formula is C35H29N2O2P. The van der Waals surface area contributed by atoms with Gasteiger partial charge in [-0.05, 0) is 54.0 Å². The molecule has 0 saturated heterocycles. The van der Waals surface area contributed by atoms with E-state index in [-0.39, 0.29) is 11.9 Å². The average molecular weight is 541 g/mol. The van der Waals surface area contributed by atoms with E-state index in [0.717, 1.165) is 17.3 Å². The molecule has 5 aromatic carbocycles. The van der Waals surface area contributed by atoms with Crippen LogP contribution in [0.3, 0.4) is 0 Å². The Morgan fingerprint density at radius 3 is 2.00 bits per heavy atom. The molecule has 1 aliphatic heterocycles. The van der Waals surface area contributed by atoms with Gasteiger partial charge in [-0.3, -0.25) is 4.79 Å². The van der Waals surface area contributed by atoms with Crippen LogP contribution in [0, 0.1) is 0 Å². The molecule has 0 radical (unpaired) electrons. The zero-order valence-corrected chi connectivity index (χ0v) is 22.9. The van der Waals surface area contributed by atoms with Crippen molar-refractivity contribution in [3.63, 3.8) is 0 Å². The van der Waals surface area contributed by atoms with Gasteiger partial charge in [-0.25, -0.2) is 4.99 Å². The van der Waals surface area contributed by atoms with E-state index in [4.69, 9.17) is 9.73 Å². The minimum Gasteiger partial charge on any atom is -0.475 e. The zero-order chi connectivity index (χ0) is 27.1. The minimum atomic E-state index is -0.930. The second-order valence-corrected chi connectivity index (χ2v) is 11.8. The van der Waals surface area contributed by atoms with E-state index in [1.165, 1.54) is 16.2 Å². The molecular weight excluding hydrogens is 511 g/mol. The monoisotopic (exact) mass is 540 g/mol. The molecule has 0 unspecified atom stereocenters. The largest absolute Gasteiger partial charge is 0.475 e. The third kappa shape index (κ3) is 5.73. The SMILES string of the molecule is O=C(Nc1ccccc1C1=N[C@@H](Cc2ccccc2)CO1)c1ccccc1P(c1ccccc1)c1ccccc1. The maximum absolute atomic E-state index is 13.9. The van der Waals surface area contributed by atoms with Crippen molar-refractivity contribution in [1.82, 2.24) is 0 Å². The number of hydrogen-bond donors (Lipinski definition) is 1. The first-order valence-electron chi connectivity index (χ1n) is 13.4. The van der Waals surface area contributed by atoms with Crippen molar-refractivity contribution in [2.75, 3.05) is 11.9 Å². The predicted molar refractivity (Wildman–Crippen MR) is 166 cm³/mol. The smallest absolute Gasteiger partial charge is 0.256 e. The first-order chi connectivity index (χ1) is 19.8. The van der Waals surface area contributed by atoms with Crippen LogP contribution in [0.5, 0.6) is 0 Å². The van der Waals surface area contributed by atoms with Gasteiger partial charge < -0.3 is 10.1 Å². The van der Waals surface area contributed by atoms with Crippen molar-refractivity contribution in [1.29, 1.82) is 0 Å². The van der Waals surface area contributed by atoms with Gasteiger partial charge in [0.15, 0.2) is 0 Å². The molecule has 6 rings (SSSR count). The number of benzene rings is 5. The number of para-hydroxylation sites is 1. The van der Waals surface area contributed by atoms with Crippen molar-refractivity contribution in [2.45, 2.75) is 12.5 Å². The highest BCUT2D eigenvalue weighted by atomic mass is 31.1. The van der Waals surface area contributed by atoms with E-state index in [9.17, 15) is 4.79 Å². The molecule has 0 bridgehead atoms. The van der Waals surface area contributed by atoms with Crippen molar-refractivity contribution in [3.05, 3.63) is 156 Å². The lowest BCUT2D eigenvalue weighted by Crippen LogP contribution is -2.27. The lowest BCUT2D eigenvalue weighted by molar-refractivity contribution is 0.102. The van der Waals surface area contributed by atoms with Gasteiger partial charge in [0.2, 0.25) is 5.90 Å². The van der Waals surface area contributed by atoms with E-state index in [2.05, 4.69) is 72.0 Å². The number of nitrogens with one attached hydrogen (secondary N) is 1. The summed E-state index contributed by atoms with van der Waals surface area (Å²) >= 11 is 0. The van der Waals surface area contributed by atoms with Crippen LogP contribution < -0.4 is 21.2 Å². The molecule has 1 heterocycles. The topological polar surface area (TPSA) is 50.7 Å². The van der Waals surface area contributed by atoms with Gasteiger partial charge in [0, 0.05) is 5.56 Å². The minimum absolute atomic E-state index is 0.0437. The van der Waals surface area contributed by atoms with E-state index >= 15 is 0 Å². The highest BCUT2D eigenvalue weighted by Crippen LogP contribution is 2.34. The van der Waals surface area contributed by atoms with Crippen LogP contribution in [-0.4, -0.2) is 24.5 Å². The number of carbonyl (C=O) groups excluding carboxylic acids is 1. The molecule has 1 atom stereocenters. The first-order valence-corrected chi connectivity index (χ1v) is 14.7. The Morgan fingerprint density at radius 2 is 1.30 bits per heavy atom. The van der Waals surface area contributed by atoms with Gasteiger partial charge in [-0.1, -0.05) is 121 Å². The molecule has 1 amide bonds. The normalized spacial score (nSPS) is 14.4. The Labute approximate surface area is 236 Å². The Balaban J connectivity index is 1.30. The third-order valence-electron chi connectivity index (χ3n) is 6.85. The van der Waals surface area contributed by atoms with Crippen LogP contribution >= 0.6 is 7.92 Å². The second-order valence-electron chi connectivity index (χ2n) is 9.61. The van der Waals surface area contributed by atoms with Gasteiger partial charge in [-0.2, -0.15) is 0 Å². The van der Waals surface area contributed by atoms with Crippen LogP contribution in [0.1, 0.15) is 21.5 Å². The van der Waals surface area contributed by atoms with Gasteiger partial charge >= 0.3 is 0 Å².